The molecule has 1 aliphatic rings. The summed E-state index contributed by atoms with van der Waals surface area (Å²) >= 11 is 6.64. The Labute approximate surface area is 206 Å². The number of nitro groups is 1. The Balaban J connectivity index is 1.82. The number of carbonyl (C=O) groups excluding carboxylic acids is 1. The number of aryl methyl sites for hydroxylation is 1. The molecule has 35 heavy (non-hydrogen) atoms. The van der Waals surface area contributed by atoms with Gasteiger partial charge in [-0.2, -0.15) is 8.78 Å². The van der Waals surface area contributed by atoms with Crippen molar-refractivity contribution >= 4 is 51.0 Å². The number of hydrogen-bond donors (Lipinski definition) is 2. The van der Waals surface area contributed by atoms with Gasteiger partial charge in [-0.05, 0) is 43.5 Å². The maximum Gasteiger partial charge on any atom is 0.341 e. The van der Waals surface area contributed by atoms with E-state index in [0.29, 0.717) is 17.0 Å². The molecule has 1 heterocycles. The first kappa shape index (κ1) is 26.6. The van der Waals surface area contributed by atoms with Crippen molar-refractivity contribution in [3.63, 3.8) is 0 Å². The highest BCUT2D eigenvalue weighted by molar-refractivity contribution is 7.80. The molecule has 0 spiro atoms. The second-order valence-electron chi connectivity index (χ2n) is 7.66. The summed E-state index contributed by atoms with van der Waals surface area (Å²) in [4.78, 5) is 23.9. The molecule has 3 rings (SSSR count). The molecule has 0 saturated heterocycles. The van der Waals surface area contributed by atoms with Crippen LogP contribution in [-0.2, 0) is 17.6 Å². The fourth-order valence-corrected chi connectivity index (χ4v) is 5.07. The molecule has 8 nitrogen and oxygen atoms in total. The molecule has 1 aliphatic carbocycles. The zero-order valence-electron chi connectivity index (χ0n) is 18.4. The van der Waals surface area contributed by atoms with E-state index in [2.05, 4.69) is 10.6 Å². The number of carbonyl (C=O) groups is 1. The zero-order chi connectivity index (χ0) is 25.8. The van der Waals surface area contributed by atoms with E-state index >= 15 is 0 Å². The highest BCUT2D eigenvalue weighted by Crippen LogP contribution is 2.38. The van der Waals surface area contributed by atoms with Gasteiger partial charge < -0.3 is 20.1 Å². The molecule has 14 heteroatoms. The number of esters is 1. The molecule has 2 aromatic rings. The van der Waals surface area contributed by atoms with Gasteiger partial charge in [0, 0.05) is 17.0 Å². The van der Waals surface area contributed by atoms with Crippen molar-refractivity contribution in [3.8, 4) is 5.75 Å². The number of halogens is 4. The Morgan fingerprint density at radius 3 is 2.60 bits per heavy atom. The summed E-state index contributed by atoms with van der Waals surface area (Å²) in [5.74, 6) is -5.39. The van der Waals surface area contributed by atoms with E-state index in [1.165, 1.54) is 18.4 Å². The zero-order valence-corrected chi connectivity index (χ0v) is 20.0. The molecular formula is C21H21F4N3O5S2. The fraction of sp³-hybridized carbons (Fsp3) is 0.429. The van der Waals surface area contributed by atoms with E-state index < -0.39 is 41.3 Å². The number of fused-ring (bicyclic) bond motifs is 1. The van der Waals surface area contributed by atoms with E-state index in [4.69, 9.17) is 21.7 Å². The summed E-state index contributed by atoms with van der Waals surface area (Å²) in [6.45, 7) is -1.67. The third-order valence-corrected chi connectivity index (χ3v) is 6.56. The summed E-state index contributed by atoms with van der Waals surface area (Å²) < 4.78 is 60.8. The van der Waals surface area contributed by atoms with Crippen molar-refractivity contribution < 1.29 is 36.8 Å². The van der Waals surface area contributed by atoms with Gasteiger partial charge in [0.05, 0.1) is 29.4 Å². The summed E-state index contributed by atoms with van der Waals surface area (Å²) in [6, 6.07) is 3.00. The van der Waals surface area contributed by atoms with Crippen LogP contribution in [0.2, 0.25) is 0 Å². The van der Waals surface area contributed by atoms with Gasteiger partial charge in [-0.25, -0.2) is 13.6 Å². The number of nitrogens with one attached hydrogen (secondary N) is 2. The number of alkyl halides is 4. The lowest BCUT2D eigenvalue weighted by molar-refractivity contribution is -0.384. The predicted octanol–water partition coefficient (Wildman–Crippen LogP) is 5.80. The van der Waals surface area contributed by atoms with Crippen LogP contribution in [0.1, 0.15) is 40.1 Å². The first-order valence-corrected chi connectivity index (χ1v) is 11.6. The normalized spacial score (nSPS) is 13.5. The fourth-order valence-electron chi connectivity index (χ4n) is 3.50. The van der Waals surface area contributed by atoms with E-state index in [-0.39, 0.29) is 10.8 Å². The van der Waals surface area contributed by atoms with Crippen LogP contribution in [0.15, 0.2) is 18.2 Å². The number of nitrogens with zero attached hydrogens (tertiary/aromatic N) is 1. The maximum absolute atomic E-state index is 13.2. The largest absolute Gasteiger partial charge is 0.487 e. The molecule has 0 amide bonds. The predicted molar refractivity (Wildman–Crippen MR) is 126 cm³/mol. The summed E-state index contributed by atoms with van der Waals surface area (Å²) in [6.07, 6.45) is 0.521. The summed E-state index contributed by atoms with van der Waals surface area (Å²) in [7, 11) is 1.27. The molecule has 0 radical (unpaired) electrons. The number of ether oxygens (including phenoxy) is 2. The molecule has 0 aliphatic heterocycles. The Morgan fingerprint density at radius 1 is 1.23 bits per heavy atom. The van der Waals surface area contributed by atoms with Gasteiger partial charge in [-0.15, -0.1) is 11.3 Å². The minimum absolute atomic E-state index is 0.00944. The second kappa shape index (κ2) is 11.2. The maximum atomic E-state index is 13.2. The van der Waals surface area contributed by atoms with E-state index in [1.807, 2.05) is 0 Å². The molecule has 0 atom stereocenters. The molecule has 190 valence electrons. The van der Waals surface area contributed by atoms with E-state index in [9.17, 15) is 32.5 Å². The molecule has 2 N–H and O–H groups in total. The Hall–Kier alpha value is -3.00. The van der Waals surface area contributed by atoms with Gasteiger partial charge in [-0.1, -0.05) is 6.42 Å². The number of hydrogen-bond acceptors (Lipinski definition) is 7. The van der Waals surface area contributed by atoms with Gasteiger partial charge >= 0.3 is 18.3 Å². The molecule has 0 fully saturated rings. The van der Waals surface area contributed by atoms with Crippen LogP contribution >= 0.6 is 23.6 Å². The number of non-ortho nitro benzene ring substituents is 1. The lowest BCUT2D eigenvalue weighted by Gasteiger charge is -2.17. The van der Waals surface area contributed by atoms with E-state index in [1.54, 1.807) is 0 Å². The van der Waals surface area contributed by atoms with Gasteiger partial charge in [0.15, 0.2) is 11.7 Å². The average molecular weight is 536 g/mol. The van der Waals surface area contributed by atoms with Crippen LogP contribution in [0.5, 0.6) is 5.75 Å². The molecule has 1 aromatic heterocycles. The van der Waals surface area contributed by atoms with Crippen molar-refractivity contribution in [1.82, 2.24) is 0 Å². The monoisotopic (exact) mass is 535 g/mol. The van der Waals surface area contributed by atoms with Gasteiger partial charge in [0.25, 0.3) is 5.69 Å². The number of rotatable bonds is 8. The molecule has 1 aromatic carbocycles. The third-order valence-electron chi connectivity index (χ3n) is 5.15. The number of thiophene rings is 1. The highest BCUT2D eigenvalue weighted by Gasteiger charge is 2.41. The molecule has 0 bridgehead atoms. The number of benzene rings is 1. The smallest absolute Gasteiger partial charge is 0.341 e. The number of methoxy groups -OCH3 is 1. The van der Waals surface area contributed by atoms with Crippen molar-refractivity contribution in [1.29, 1.82) is 0 Å². The van der Waals surface area contributed by atoms with Crippen LogP contribution in [0.25, 0.3) is 0 Å². The SMILES string of the molecule is COC(=O)c1c(NC(=S)Nc2cc(OCC(F)(F)C(F)F)cc([N+](=O)[O-])c2)sc2c1CCCCC2. The Kier molecular flexibility index (Phi) is 8.48. The standard InChI is InChI=1S/C21H21F4N3O5S2/c1-32-18(29)16-14-5-3-2-4-6-15(14)35-17(16)27-20(34)26-11-7-12(28(30)31)9-13(8-11)33-10-21(24,25)19(22)23/h7-9,19H,2-6,10H2,1H3,(H2,26,27,34). The average Bonchev–Trinajstić information content (AvgIpc) is 2.96. The lowest BCUT2D eigenvalue weighted by atomic mass is 10.1. The Morgan fingerprint density at radius 2 is 1.94 bits per heavy atom. The van der Waals surface area contributed by atoms with Gasteiger partial charge in [0.2, 0.25) is 0 Å². The summed E-state index contributed by atoms with van der Waals surface area (Å²) in [5.41, 5.74) is 0.725. The molecule has 0 saturated carbocycles. The summed E-state index contributed by atoms with van der Waals surface area (Å²) in [5, 5.41) is 17.2. The van der Waals surface area contributed by atoms with Gasteiger partial charge in [-0.3, -0.25) is 10.1 Å². The van der Waals surface area contributed by atoms with Crippen LogP contribution in [-0.4, -0.2) is 42.1 Å². The van der Waals surface area contributed by atoms with Crippen molar-refractivity contribution in [2.24, 2.45) is 0 Å². The number of thiocarbonyl (C=S) groups is 1. The van der Waals surface area contributed by atoms with Crippen LogP contribution in [0.4, 0.5) is 33.9 Å². The number of nitro benzene ring substituents is 1. The van der Waals surface area contributed by atoms with Gasteiger partial charge in [0.1, 0.15) is 10.8 Å². The first-order chi connectivity index (χ1) is 16.5. The van der Waals surface area contributed by atoms with Crippen LogP contribution in [0, 0.1) is 10.1 Å². The highest BCUT2D eigenvalue weighted by atomic mass is 32.1. The van der Waals surface area contributed by atoms with Crippen LogP contribution in [0.3, 0.4) is 0 Å². The minimum Gasteiger partial charge on any atom is -0.487 e. The topological polar surface area (TPSA) is 103 Å². The lowest BCUT2D eigenvalue weighted by Crippen LogP contribution is -2.33. The van der Waals surface area contributed by atoms with Crippen molar-refractivity contribution in [2.45, 2.75) is 44.5 Å². The third kappa shape index (κ3) is 6.57. The second-order valence-corrected chi connectivity index (χ2v) is 9.18. The van der Waals surface area contributed by atoms with Crippen LogP contribution < -0.4 is 15.4 Å². The molecule has 0 unspecified atom stereocenters. The number of anilines is 2. The van der Waals surface area contributed by atoms with E-state index in [0.717, 1.165) is 54.3 Å². The Bertz CT molecular complexity index is 1130. The minimum atomic E-state index is -4.43. The van der Waals surface area contributed by atoms with Crippen molar-refractivity contribution in [3.05, 3.63) is 44.3 Å². The van der Waals surface area contributed by atoms with Crippen molar-refractivity contribution in [2.75, 3.05) is 24.4 Å². The quantitative estimate of drug-likeness (QED) is 0.109. The molecular weight excluding hydrogens is 514 g/mol. The first-order valence-electron chi connectivity index (χ1n) is 10.4.